The second-order valence-corrected chi connectivity index (χ2v) is 3.27. The minimum Gasteiger partial charge on any atom is -0.462 e. The fraction of sp³-hybridized carbons (Fsp3) is 0.455. The van der Waals surface area contributed by atoms with Crippen LogP contribution in [-0.2, 0) is 19.1 Å². The van der Waals surface area contributed by atoms with E-state index in [1.54, 1.807) is 6.92 Å². The molecular formula is C11H16O5. The van der Waals surface area contributed by atoms with Gasteiger partial charge in [0, 0.05) is 18.6 Å². The first-order chi connectivity index (χ1) is 7.49. The highest BCUT2D eigenvalue weighted by molar-refractivity contribution is 5.81. The molecule has 0 heterocycles. The summed E-state index contributed by atoms with van der Waals surface area (Å²) in [6.07, 6.45) is 0.985. The third-order valence-corrected chi connectivity index (χ3v) is 1.70. The van der Waals surface area contributed by atoms with E-state index in [1.165, 1.54) is 0 Å². The first-order valence-electron chi connectivity index (χ1n) is 4.80. The Bertz CT molecular complexity index is 272. The molecule has 0 aromatic heterocycles. The molecule has 16 heavy (non-hydrogen) atoms. The van der Waals surface area contributed by atoms with Gasteiger partial charge in [0.25, 0.3) is 0 Å². The highest BCUT2D eigenvalue weighted by atomic mass is 16.6. The van der Waals surface area contributed by atoms with Gasteiger partial charge in [-0.1, -0.05) is 20.1 Å². The van der Waals surface area contributed by atoms with Crippen molar-refractivity contribution in [2.75, 3.05) is 6.61 Å². The second kappa shape index (κ2) is 7.64. The van der Waals surface area contributed by atoms with E-state index in [1.807, 2.05) is 0 Å². The molecular weight excluding hydrogens is 212 g/mol. The van der Waals surface area contributed by atoms with Crippen LogP contribution in [0.25, 0.3) is 0 Å². The Morgan fingerprint density at radius 1 is 1.31 bits per heavy atom. The Hall–Kier alpha value is -1.62. The van der Waals surface area contributed by atoms with Crippen molar-refractivity contribution in [3.05, 3.63) is 25.3 Å². The average molecular weight is 228 g/mol. The van der Waals surface area contributed by atoms with Gasteiger partial charge in [-0.15, -0.1) is 0 Å². The Morgan fingerprint density at radius 2 is 1.88 bits per heavy atom. The average Bonchev–Trinajstić information content (AvgIpc) is 2.25. The molecule has 5 heteroatoms. The number of aliphatic hydroxyl groups excluding tert-OH is 1. The third-order valence-electron chi connectivity index (χ3n) is 1.70. The molecule has 0 aromatic carbocycles. The van der Waals surface area contributed by atoms with Gasteiger partial charge in [0.15, 0.2) is 0 Å². The maximum Gasteiger partial charge on any atom is 0.332 e. The fourth-order valence-corrected chi connectivity index (χ4v) is 0.926. The molecule has 0 rings (SSSR count). The predicted molar refractivity (Wildman–Crippen MR) is 57.2 cm³/mol. The normalized spacial score (nSPS) is 13.4. The lowest BCUT2D eigenvalue weighted by Gasteiger charge is -2.15. The van der Waals surface area contributed by atoms with Crippen molar-refractivity contribution in [3.8, 4) is 0 Å². The summed E-state index contributed by atoms with van der Waals surface area (Å²) in [6, 6.07) is 0. The third kappa shape index (κ3) is 6.78. The number of rotatable bonds is 7. The SMILES string of the molecule is C=CC(=O)OCC(C)CC(O)OC(=O)C=C. The zero-order valence-electron chi connectivity index (χ0n) is 9.22. The number of carbonyl (C=O) groups is 2. The molecule has 90 valence electrons. The number of ether oxygens (including phenoxy) is 2. The van der Waals surface area contributed by atoms with Crippen LogP contribution < -0.4 is 0 Å². The lowest BCUT2D eigenvalue weighted by molar-refractivity contribution is -0.165. The molecule has 0 aliphatic carbocycles. The Labute approximate surface area is 94.4 Å². The van der Waals surface area contributed by atoms with Crippen molar-refractivity contribution in [2.24, 2.45) is 5.92 Å². The van der Waals surface area contributed by atoms with Crippen molar-refractivity contribution < 1.29 is 24.2 Å². The molecule has 0 saturated heterocycles. The summed E-state index contributed by atoms with van der Waals surface area (Å²) in [5.41, 5.74) is 0. The maximum absolute atomic E-state index is 10.7. The summed E-state index contributed by atoms with van der Waals surface area (Å²) in [5, 5.41) is 9.29. The zero-order valence-corrected chi connectivity index (χ0v) is 9.22. The van der Waals surface area contributed by atoms with Gasteiger partial charge in [-0.2, -0.15) is 0 Å². The molecule has 0 spiro atoms. The van der Waals surface area contributed by atoms with Crippen LogP contribution in [0.1, 0.15) is 13.3 Å². The van der Waals surface area contributed by atoms with Crippen molar-refractivity contribution in [2.45, 2.75) is 19.6 Å². The van der Waals surface area contributed by atoms with Crippen molar-refractivity contribution in [1.82, 2.24) is 0 Å². The number of hydrogen-bond acceptors (Lipinski definition) is 5. The van der Waals surface area contributed by atoms with E-state index >= 15 is 0 Å². The summed E-state index contributed by atoms with van der Waals surface area (Å²) < 4.78 is 9.30. The predicted octanol–water partition coefficient (Wildman–Crippen LogP) is 0.789. The Kier molecular flexibility index (Phi) is 6.87. The van der Waals surface area contributed by atoms with Gasteiger partial charge in [0.2, 0.25) is 6.29 Å². The Morgan fingerprint density at radius 3 is 2.38 bits per heavy atom. The van der Waals surface area contributed by atoms with Crippen LogP contribution in [0.4, 0.5) is 0 Å². The lowest BCUT2D eigenvalue weighted by Crippen LogP contribution is -2.21. The van der Waals surface area contributed by atoms with Gasteiger partial charge < -0.3 is 14.6 Å². The topological polar surface area (TPSA) is 72.8 Å². The van der Waals surface area contributed by atoms with Crippen molar-refractivity contribution in [3.63, 3.8) is 0 Å². The first-order valence-corrected chi connectivity index (χ1v) is 4.80. The molecule has 1 N–H and O–H groups in total. The summed E-state index contributed by atoms with van der Waals surface area (Å²) in [6.45, 7) is 8.33. The van der Waals surface area contributed by atoms with Crippen LogP contribution in [-0.4, -0.2) is 29.9 Å². The molecule has 0 saturated carbocycles. The molecule has 2 atom stereocenters. The van der Waals surface area contributed by atoms with Crippen LogP contribution in [0.15, 0.2) is 25.3 Å². The maximum atomic E-state index is 10.7. The first kappa shape index (κ1) is 14.4. The molecule has 2 unspecified atom stereocenters. The number of aliphatic hydroxyl groups is 1. The summed E-state index contributed by atoms with van der Waals surface area (Å²) in [7, 11) is 0. The minimum atomic E-state index is -1.22. The van der Waals surface area contributed by atoms with Crippen LogP contribution in [0.3, 0.4) is 0 Å². The molecule has 0 aliphatic rings. The molecule has 0 fully saturated rings. The summed E-state index contributed by atoms with van der Waals surface area (Å²) >= 11 is 0. The van der Waals surface area contributed by atoms with Gasteiger partial charge in [0.1, 0.15) is 0 Å². The van der Waals surface area contributed by atoms with Gasteiger partial charge in [-0.3, -0.25) is 0 Å². The van der Waals surface area contributed by atoms with Crippen LogP contribution >= 0.6 is 0 Å². The zero-order chi connectivity index (χ0) is 12.6. The summed E-state index contributed by atoms with van der Waals surface area (Å²) in [5.74, 6) is -1.34. The smallest absolute Gasteiger partial charge is 0.332 e. The van der Waals surface area contributed by atoms with E-state index in [-0.39, 0.29) is 18.9 Å². The van der Waals surface area contributed by atoms with Gasteiger partial charge in [-0.05, 0) is 5.92 Å². The molecule has 0 aromatic rings. The number of esters is 2. The van der Waals surface area contributed by atoms with Crippen LogP contribution in [0.5, 0.6) is 0 Å². The van der Waals surface area contributed by atoms with Gasteiger partial charge in [0.05, 0.1) is 6.61 Å². The van der Waals surface area contributed by atoms with E-state index in [2.05, 4.69) is 17.9 Å². The highest BCUT2D eigenvalue weighted by Crippen LogP contribution is 2.08. The largest absolute Gasteiger partial charge is 0.462 e. The van der Waals surface area contributed by atoms with Gasteiger partial charge >= 0.3 is 11.9 Å². The number of hydrogen-bond donors (Lipinski definition) is 1. The van der Waals surface area contributed by atoms with E-state index in [4.69, 9.17) is 4.74 Å². The van der Waals surface area contributed by atoms with Crippen LogP contribution in [0, 0.1) is 5.92 Å². The van der Waals surface area contributed by atoms with Crippen molar-refractivity contribution >= 4 is 11.9 Å². The molecule has 0 aliphatic heterocycles. The molecule has 0 amide bonds. The van der Waals surface area contributed by atoms with E-state index < -0.39 is 18.2 Å². The quantitative estimate of drug-likeness (QED) is 0.396. The Balaban J connectivity index is 3.81. The van der Waals surface area contributed by atoms with E-state index in [9.17, 15) is 14.7 Å². The minimum absolute atomic E-state index is 0.128. The van der Waals surface area contributed by atoms with E-state index in [0.717, 1.165) is 12.2 Å². The monoisotopic (exact) mass is 228 g/mol. The number of carbonyl (C=O) groups excluding carboxylic acids is 2. The van der Waals surface area contributed by atoms with E-state index in [0.29, 0.717) is 0 Å². The standard InChI is InChI=1S/C11H16O5/c1-4-9(12)15-7-8(3)6-11(14)16-10(13)5-2/h4-5,8,11,14H,1-2,6-7H2,3H3. The van der Waals surface area contributed by atoms with Crippen LogP contribution in [0.2, 0.25) is 0 Å². The summed E-state index contributed by atoms with van der Waals surface area (Å²) in [4.78, 5) is 21.4. The van der Waals surface area contributed by atoms with Gasteiger partial charge in [-0.25, -0.2) is 9.59 Å². The lowest BCUT2D eigenvalue weighted by atomic mass is 10.1. The molecule has 0 bridgehead atoms. The molecule has 0 radical (unpaired) electrons. The highest BCUT2D eigenvalue weighted by Gasteiger charge is 2.14. The van der Waals surface area contributed by atoms with Crippen molar-refractivity contribution in [1.29, 1.82) is 0 Å². The fourth-order valence-electron chi connectivity index (χ4n) is 0.926. The molecule has 5 nitrogen and oxygen atoms in total. The second-order valence-electron chi connectivity index (χ2n) is 3.27.